The van der Waals surface area contributed by atoms with Crippen LogP contribution in [0.5, 0.6) is 0 Å². The number of nitrogens with zero attached hydrogens (tertiary/aromatic N) is 6. The number of benzene rings is 1. The minimum atomic E-state index is 0.369. The predicted molar refractivity (Wildman–Crippen MR) is 155 cm³/mol. The van der Waals surface area contributed by atoms with Crippen LogP contribution in [-0.2, 0) is 6.54 Å². The van der Waals surface area contributed by atoms with E-state index in [0.29, 0.717) is 11.1 Å². The predicted octanol–water partition coefficient (Wildman–Crippen LogP) is 4.89. The van der Waals surface area contributed by atoms with Crippen LogP contribution in [0.25, 0.3) is 22.6 Å². The summed E-state index contributed by atoms with van der Waals surface area (Å²) in [6.07, 6.45) is 7.79. The van der Waals surface area contributed by atoms with Crippen LogP contribution in [0.1, 0.15) is 25.3 Å². The van der Waals surface area contributed by atoms with Gasteiger partial charge in [0.05, 0.1) is 16.9 Å². The Kier molecular flexibility index (Phi) is 7.44. The molecule has 0 saturated carbocycles. The van der Waals surface area contributed by atoms with Crippen molar-refractivity contribution in [3.63, 3.8) is 0 Å². The van der Waals surface area contributed by atoms with Crippen LogP contribution in [0, 0.1) is 0 Å². The summed E-state index contributed by atoms with van der Waals surface area (Å²) >= 11 is 6.59. The second-order valence-electron chi connectivity index (χ2n) is 10.4. The number of imidazole rings is 1. The summed E-state index contributed by atoms with van der Waals surface area (Å²) in [6.45, 7) is 10.6. The molecule has 1 atom stereocenters. The lowest BCUT2D eigenvalue weighted by Gasteiger charge is -2.36. The number of hydrogen-bond acceptors (Lipinski definition) is 7. The lowest BCUT2D eigenvalue weighted by Crippen LogP contribution is -2.45. The number of nitrogens with one attached hydrogen (secondary N) is 2. The van der Waals surface area contributed by atoms with E-state index in [-0.39, 0.29) is 0 Å². The van der Waals surface area contributed by atoms with Crippen molar-refractivity contribution < 1.29 is 0 Å². The minimum Gasteiger partial charge on any atom is -0.378 e. The van der Waals surface area contributed by atoms with E-state index in [9.17, 15) is 0 Å². The van der Waals surface area contributed by atoms with E-state index in [2.05, 4.69) is 72.2 Å². The fourth-order valence-electron chi connectivity index (χ4n) is 5.62. The van der Waals surface area contributed by atoms with Crippen molar-refractivity contribution in [3.05, 3.63) is 65.6 Å². The molecule has 5 heterocycles. The molecule has 0 amide bonds. The molecule has 2 saturated heterocycles. The number of likely N-dealkylation sites (tertiary alicyclic amines) is 1. The van der Waals surface area contributed by atoms with Gasteiger partial charge in [-0.15, -0.1) is 0 Å². The third kappa shape index (κ3) is 5.48. The Morgan fingerprint density at radius 3 is 2.63 bits per heavy atom. The van der Waals surface area contributed by atoms with Gasteiger partial charge in [-0.1, -0.05) is 24.6 Å². The topological polar surface area (TPSA) is 76.2 Å². The number of fused-ring (bicyclic) bond motifs is 1. The van der Waals surface area contributed by atoms with Gasteiger partial charge in [-0.05, 0) is 55.3 Å². The Hall–Kier alpha value is -3.20. The molecule has 0 spiro atoms. The third-order valence-electron chi connectivity index (χ3n) is 7.64. The summed E-state index contributed by atoms with van der Waals surface area (Å²) < 4.78 is 0. The number of aromatic nitrogens is 4. The number of halogens is 1. The number of anilines is 2. The summed E-state index contributed by atoms with van der Waals surface area (Å²) in [6, 6.07) is 13.2. The average molecular weight is 531 g/mol. The molecule has 198 valence electrons. The number of pyridine rings is 2. The van der Waals surface area contributed by atoms with E-state index in [1.54, 1.807) is 6.20 Å². The molecule has 2 aliphatic heterocycles. The monoisotopic (exact) mass is 530 g/mol. The van der Waals surface area contributed by atoms with Crippen LogP contribution in [-0.4, -0.2) is 81.6 Å². The standard InChI is InChI=1S/C29H35ClN8/c1-2-11-36-12-9-23(20-36)33-26-25(30)18-32-29-27(26)34-28(35-29)22-5-7-24(8-6-22)38-15-13-37(14-16-38)19-21-4-3-10-31-17-21/h3-8,10,17-18,23H,2,9,11-16,19-20H2,1H3,(H2,32,33,34,35). The second kappa shape index (κ2) is 11.3. The van der Waals surface area contributed by atoms with E-state index in [0.717, 1.165) is 87.0 Å². The SMILES string of the molecule is CCCN1CCC(Nc2c(Cl)cnc3[nH]c(-c4ccc(N5CCN(Cc6cccnc6)CC5)cc4)nc23)C1. The number of aromatic amines is 1. The van der Waals surface area contributed by atoms with E-state index in [4.69, 9.17) is 16.6 Å². The minimum absolute atomic E-state index is 0.369. The molecule has 0 aliphatic carbocycles. The Balaban J connectivity index is 1.12. The Bertz CT molecular complexity index is 1350. The first-order chi connectivity index (χ1) is 18.7. The van der Waals surface area contributed by atoms with Gasteiger partial charge in [0, 0.05) is 75.5 Å². The zero-order chi connectivity index (χ0) is 25.9. The van der Waals surface area contributed by atoms with Gasteiger partial charge in [-0.25, -0.2) is 9.97 Å². The molecule has 2 fully saturated rings. The van der Waals surface area contributed by atoms with Crippen molar-refractivity contribution in [2.45, 2.75) is 32.4 Å². The first-order valence-electron chi connectivity index (χ1n) is 13.7. The molecule has 6 rings (SSSR count). The molecule has 3 aromatic heterocycles. The van der Waals surface area contributed by atoms with Crippen LogP contribution < -0.4 is 10.2 Å². The molecule has 2 N–H and O–H groups in total. The lowest BCUT2D eigenvalue weighted by atomic mass is 10.1. The fraction of sp³-hybridized carbons (Fsp3) is 0.414. The summed E-state index contributed by atoms with van der Waals surface area (Å²) in [7, 11) is 0. The highest BCUT2D eigenvalue weighted by atomic mass is 35.5. The second-order valence-corrected chi connectivity index (χ2v) is 10.8. The van der Waals surface area contributed by atoms with Gasteiger partial charge >= 0.3 is 0 Å². The van der Waals surface area contributed by atoms with Gasteiger partial charge < -0.3 is 20.1 Å². The molecule has 8 nitrogen and oxygen atoms in total. The van der Waals surface area contributed by atoms with Crippen LogP contribution in [0.3, 0.4) is 0 Å². The quantitative estimate of drug-likeness (QED) is 0.336. The van der Waals surface area contributed by atoms with Crippen molar-refractivity contribution in [2.24, 2.45) is 0 Å². The van der Waals surface area contributed by atoms with Crippen molar-refractivity contribution in [1.29, 1.82) is 0 Å². The zero-order valence-corrected chi connectivity index (χ0v) is 22.7. The summed E-state index contributed by atoms with van der Waals surface area (Å²) in [4.78, 5) is 24.5. The van der Waals surface area contributed by atoms with Crippen LogP contribution >= 0.6 is 11.6 Å². The Morgan fingerprint density at radius 1 is 1.03 bits per heavy atom. The molecule has 38 heavy (non-hydrogen) atoms. The molecule has 4 aromatic rings. The highest BCUT2D eigenvalue weighted by molar-refractivity contribution is 6.34. The van der Waals surface area contributed by atoms with Gasteiger partial charge in [-0.3, -0.25) is 9.88 Å². The fourth-order valence-corrected chi connectivity index (χ4v) is 5.82. The normalized spacial score (nSPS) is 18.9. The van der Waals surface area contributed by atoms with Gasteiger partial charge in [0.1, 0.15) is 11.3 Å². The Labute approximate surface area is 229 Å². The molecular formula is C29H35ClN8. The Morgan fingerprint density at radius 2 is 1.87 bits per heavy atom. The number of hydrogen-bond donors (Lipinski definition) is 2. The van der Waals surface area contributed by atoms with Gasteiger partial charge in [-0.2, -0.15) is 0 Å². The van der Waals surface area contributed by atoms with Crippen molar-refractivity contribution in [1.82, 2.24) is 29.7 Å². The van der Waals surface area contributed by atoms with Crippen molar-refractivity contribution in [3.8, 4) is 11.4 Å². The number of piperazine rings is 1. The molecule has 9 heteroatoms. The highest BCUT2D eigenvalue weighted by Gasteiger charge is 2.24. The summed E-state index contributed by atoms with van der Waals surface area (Å²) in [5.74, 6) is 0.810. The maximum atomic E-state index is 6.59. The van der Waals surface area contributed by atoms with E-state index in [1.165, 1.54) is 17.7 Å². The maximum absolute atomic E-state index is 6.59. The molecular weight excluding hydrogens is 496 g/mol. The maximum Gasteiger partial charge on any atom is 0.159 e. The molecule has 0 radical (unpaired) electrons. The van der Waals surface area contributed by atoms with Crippen LogP contribution in [0.4, 0.5) is 11.4 Å². The molecule has 1 unspecified atom stereocenters. The van der Waals surface area contributed by atoms with Crippen molar-refractivity contribution in [2.75, 3.05) is 56.0 Å². The van der Waals surface area contributed by atoms with Gasteiger partial charge in [0.15, 0.2) is 5.65 Å². The smallest absolute Gasteiger partial charge is 0.159 e. The highest BCUT2D eigenvalue weighted by Crippen LogP contribution is 2.32. The van der Waals surface area contributed by atoms with Crippen LogP contribution in [0.15, 0.2) is 55.0 Å². The third-order valence-corrected chi connectivity index (χ3v) is 7.92. The van der Waals surface area contributed by atoms with E-state index < -0.39 is 0 Å². The molecule has 1 aromatic carbocycles. The first-order valence-corrected chi connectivity index (χ1v) is 14.0. The zero-order valence-electron chi connectivity index (χ0n) is 21.9. The van der Waals surface area contributed by atoms with Crippen LogP contribution in [0.2, 0.25) is 5.02 Å². The number of rotatable bonds is 8. The van der Waals surface area contributed by atoms with Gasteiger partial charge in [0.2, 0.25) is 0 Å². The molecule has 0 bridgehead atoms. The lowest BCUT2D eigenvalue weighted by molar-refractivity contribution is 0.249. The number of H-pyrrole nitrogens is 1. The molecule has 2 aliphatic rings. The van der Waals surface area contributed by atoms with E-state index in [1.807, 2.05) is 18.5 Å². The average Bonchev–Trinajstić information content (AvgIpc) is 3.59. The van der Waals surface area contributed by atoms with Gasteiger partial charge in [0.25, 0.3) is 0 Å². The van der Waals surface area contributed by atoms with E-state index >= 15 is 0 Å². The first kappa shape index (κ1) is 25.1. The van der Waals surface area contributed by atoms with Crippen molar-refractivity contribution >= 4 is 34.1 Å². The largest absolute Gasteiger partial charge is 0.378 e. The summed E-state index contributed by atoms with van der Waals surface area (Å²) in [5, 5.41) is 4.28. The summed E-state index contributed by atoms with van der Waals surface area (Å²) in [5.41, 5.74) is 5.99.